The summed E-state index contributed by atoms with van der Waals surface area (Å²) in [5, 5.41) is 0. The normalized spacial score (nSPS) is 10.8. The smallest absolute Gasteiger partial charge is 0.208 e. The molecule has 0 aliphatic heterocycles. The van der Waals surface area contributed by atoms with Crippen molar-refractivity contribution in [2.24, 2.45) is 0 Å². The molecule has 4 rings (SSSR count). The molecule has 0 saturated carbocycles. The molecule has 4 aromatic rings. The van der Waals surface area contributed by atoms with Crippen molar-refractivity contribution in [1.82, 2.24) is 0 Å². The van der Waals surface area contributed by atoms with Crippen LogP contribution >= 0.6 is 0 Å². The molecule has 0 aliphatic carbocycles. The predicted molar refractivity (Wildman–Crippen MR) is 122 cm³/mol. The Balaban J connectivity index is 0.000000229. The number of hydrogen-bond acceptors (Lipinski definition) is 4. The first kappa shape index (κ1) is 22.6. The van der Waals surface area contributed by atoms with E-state index in [1.54, 1.807) is 13.2 Å². The fourth-order valence-corrected chi connectivity index (χ4v) is 5.57. The van der Waals surface area contributed by atoms with Crippen LogP contribution in [0.15, 0.2) is 135 Å². The zero-order valence-corrected chi connectivity index (χ0v) is 18.6. The van der Waals surface area contributed by atoms with Crippen LogP contribution in [-0.4, -0.2) is 20.1 Å². The molecule has 0 radical (unpaired) electrons. The average molecular weight is 451 g/mol. The third-order valence-corrected chi connectivity index (χ3v) is 7.39. The highest BCUT2D eigenvalue weighted by Crippen LogP contribution is 2.36. The molecular weight excluding hydrogens is 428 g/mol. The van der Waals surface area contributed by atoms with Crippen LogP contribution in [0, 0.1) is 0 Å². The molecule has 0 bridgehead atoms. The summed E-state index contributed by atoms with van der Waals surface area (Å²) < 4.78 is 36.4. The van der Waals surface area contributed by atoms with E-state index in [0.717, 1.165) is 5.75 Å². The maximum absolute atomic E-state index is 10.3. The third kappa shape index (κ3) is 6.21. The lowest BCUT2D eigenvalue weighted by Crippen LogP contribution is -2.06. The van der Waals surface area contributed by atoms with E-state index in [2.05, 4.69) is 72.8 Å². The molecule has 0 atom stereocenters. The van der Waals surface area contributed by atoms with Crippen molar-refractivity contribution in [3.63, 3.8) is 0 Å². The summed E-state index contributed by atoms with van der Waals surface area (Å²) in [4.78, 5) is 3.63. The van der Waals surface area contributed by atoms with E-state index in [4.69, 9.17) is 4.74 Å². The third-order valence-electron chi connectivity index (χ3n) is 4.28. The van der Waals surface area contributed by atoms with Crippen molar-refractivity contribution in [1.29, 1.82) is 0 Å². The Morgan fingerprint density at radius 3 is 1.48 bits per heavy atom. The van der Waals surface area contributed by atoms with E-state index < -0.39 is 10.1 Å². The van der Waals surface area contributed by atoms with E-state index in [1.807, 2.05) is 12.1 Å². The van der Waals surface area contributed by atoms with E-state index >= 15 is 0 Å². The first-order valence-corrected chi connectivity index (χ1v) is 12.1. The summed E-state index contributed by atoms with van der Waals surface area (Å²) in [6, 6.07) is 36.7. The van der Waals surface area contributed by atoms with Crippen molar-refractivity contribution in [3.8, 4) is 5.75 Å². The van der Waals surface area contributed by atoms with Crippen molar-refractivity contribution in [2.75, 3.05) is 7.11 Å². The minimum Gasteiger partial charge on any atom is -0.744 e. The zero-order valence-electron chi connectivity index (χ0n) is 16.9. The van der Waals surface area contributed by atoms with E-state index in [9.17, 15) is 13.0 Å². The molecule has 0 unspecified atom stereocenters. The summed E-state index contributed by atoms with van der Waals surface area (Å²) in [5.41, 5.74) is 0. The molecule has 6 heteroatoms. The Kier molecular flexibility index (Phi) is 7.89. The van der Waals surface area contributed by atoms with Crippen molar-refractivity contribution < 1.29 is 17.7 Å². The number of methoxy groups -OCH3 is 1. The van der Waals surface area contributed by atoms with E-state index in [1.165, 1.54) is 39.0 Å². The summed E-state index contributed by atoms with van der Waals surface area (Å²) in [5.74, 6) is 0.938. The van der Waals surface area contributed by atoms with Crippen LogP contribution < -0.4 is 4.74 Å². The zero-order chi connectivity index (χ0) is 22.1. The van der Waals surface area contributed by atoms with Gasteiger partial charge < -0.3 is 9.29 Å². The van der Waals surface area contributed by atoms with Crippen LogP contribution in [0.4, 0.5) is 0 Å². The van der Waals surface area contributed by atoms with Gasteiger partial charge >= 0.3 is 0 Å². The fraction of sp³-hybridized carbons (Fsp3) is 0.0400. The lowest BCUT2D eigenvalue weighted by Gasteiger charge is -2.10. The topological polar surface area (TPSA) is 66.4 Å². The summed E-state index contributed by atoms with van der Waals surface area (Å²) in [6.07, 6.45) is 0. The Morgan fingerprint density at radius 1 is 0.645 bits per heavy atom. The number of ether oxygens (including phenoxy) is 1. The number of benzene rings is 4. The summed E-state index contributed by atoms with van der Waals surface area (Å²) >= 11 is 0. The molecule has 0 heterocycles. The molecule has 158 valence electrons. The molecule has 0 saturated heterocycles. The van der Waals surface area contributed by atoms with Gasteiger partial charge in [-0.1, -0.05) is 66.7 Å². The van der Waals surface area contributed by atoms with Gasteiger partial charge in [-0.3, -0.25) is 0 Å². The van der Waals surface area contributed by atoms with Gasteiger partial charge in [-0.25, -0.2) is 8.42 Å². The van der Waals surface area contributed by atoms with Crippen LogP contribution in [0.1, 0.15) is 0 Å². The van der Waals surface area contributed by atoms with E-state index in [-0.39, 0.29) is 15.8 Å². The molecule has 0 fully saturated rings. The fourth-order valence-electron chi connectivity index (χ4n) is 2.88. The first-order chi connectivity index (χ1) is 15.0. The summed E-state index contributed by atoms with van der Waals surface area (Å²) in [7, 11) is -2.67. The van der Waals surface area contributed by atoms with Crippen LogP contribution in [0.2, 0.25) is 0 Å². The monoisotopic (exact) mass is 450 g/mol. The molecule has 4 aromatic carbocycles. The van der Waals surface area contributed by atoms with Gasteiger partial charge in [0, 0.05) is 0 Å². The Bertz CT molecular complexity index is 1140. The average Bonchev–Trinajstić information content (AvgIpc) is 2.81. The highest BCUT2D eigenvalue weighted by atomic mass is 32.2. The number of rotatable bonds is 5. The van der Waals surface area contributed by atoms with Crippen LogP contribution in [0.3, 0.4) is 0 Å². The Morgan fingerprint density at radius 2 is 1.06 bits per heavy atom. The lowest BCUT2D eigenvalue weighted by molar-refractivity contribution is 0.404. The molecule has 31 heavy (non-hydrogen) atoms. The van der Waals surface area contributed by atoms with Crippen molar-refractivity contribution in [2.45, 2.75) is 19.6 Å². The van der Waals surface area contributed by atoms with Gasteiger partial charge in [0.25, 0.3) is 0 Å². The first-order valence-electron chi connectivity index (χ1n) is 9.49. The molecule has 0 aromatic heterocycles. The SMILES string of the molecule is COc1ccccc1[S+](c1ccccc1)c1ccccc1.O=S(=O)([O-])c1ccccc1. The molecule has 0 amide bonds. The van der Waals surface area contributed by atoms with Gasteiger partial charge in [-0.05, 0) is 48.5 Å². The van der Waals surface area contributed by atoms with Crippen molar-refractivity contribution >= 4 is 21.0 Å². The minimum atomic E-state index is -4.25. The van der Waals surface area contributed by atoms with Gasteiger partial charge in [-0.15, -0.1) is 0 Å². The predicted octanol–water partition coefficient (Wildman–Crippen LogP) is 5.38. The molecule has 4 nitrogen and oxygen atoms in total. The molecule has 0 aliphatic rings. The summed E-state index contributed by atoms with van der Waals surface area (Å²) in [6.45, 7) is 0. The van der Waals surface area contributed by atoms with Gasteiger partial charge in [0.15, 0.2) is 15.5 Å². The Labute approximate surface area is 186 Å². The van der Waals surface area contributed by atoms with Crippen molar-refractivity contribution in [3.05, 3.63) is 115 Å². The van der Waals surface area contributed by atoms with Crippen LogP contribution in [0.25, 0.3) is 0 Å². The van der Waals surface area contributed by atoms with Crippen LogP contribution in [-0.2, 0) is 21.0 Å². The minimum absolute atomic E-state index is 0.151. The maximum atomic E-state index is 10.3. The van der Waals surface area contributed by atoms with Gasteiger partial charge in [-0.2, -0.15) is 0 Å². The van der Waals surface area contributed by atoms with Gasteiger partial charge in [0.05, 0.1) is 12.0 Å². The van der Waals surface area contributed by atoms with Gasteiger partial charge in [0.2, 0.25) is 4.90 Å². The second-order valence-corrected chi connectivity index (χ2v) is 9.72. The molecule has 0 N–H and O–H groups in total. The largest absolute Gasteiger partial charge is 0.744 e. The highest BCUT2D eigenvalue weighted by Gasteiger charge is 2.31. The number of hydrogen-bond donors (Lipinski definition) is 0. The van der Waals surface area contributed by atoms with Gasteiger partial charge in [0.1, 0.15) is 21.0 Å². The standard InChI is InChI=1S/C19H17OS.C6H6O3S/c1-20-18-14-8-9-15-19(18)21(16-10-4-2-5-11-16)17-12-6-3-7-13-17;7-10(8,9)6-4-2-1-3-5-6/h2-15H,1H3;1-5H,(H,7,8,9)/q+1;/p-1. The lowest BCUT2D eigenvalue weighted by atomic mass is 10.3. The van der Waals surface area contributed by atoms with Crippen LogP contribution in [0.5, 0.6) is 5.75 Å². The molecular formula is C25H22O4S2. The second-order valence-electron chi connectivity index (χ2n) is 6.35. The second kappa shape index (κ2) is 10.8. The Hall–Kier alpha value is -3.06. The van der Waals surface area contributed by atoms with E-state index in [0.29, 0.717) is 0 Å². The molecule has 0 spiro atoms. The maximum Gasteiger partial charge on any atom is 0.208 e. The highest BCUT2D eigenvalue weighted by molar-refractivity contribution is 7.97. The number of para-hydroxylation sites is 1. The quantitative estimate of drug-likeness (QED) is 0.302.